The van der Waals surface area contributed by atoms with Gasteiger partial charge in [0.25, 0.3) is 0 Å². The smallest absolute Gasteiger partial charge is 0.0700 e. The molecule has 16 heavy (non-hydrogen) atoms. The maximum atomic E-state index is 5.44. The van der Waals surface area contributed by atoms with Gasteiger partial charge >= 0.3 is 0 Å². The highest BCUT2D eigenvalue weighted by Gasteiger charge is 2.38. The van der Waals surface area contributed by atoms with E-state index in [0.29, 0.717) is 6.61 Å². The molecule has 0 aromatic heterocycles. The molecule has 2 rings (SSSR count). The first-order chi connectivity index (χ1) is 7.90. The minimum Gasteiger partial charge on any atom is -0.382 e. The second kappa shape index (κ2) is 6.58. The summed E-state index contributed by atoms with van der Waals surface area (Å²) in [6.07, 6.45) is 6.99. The van der Waals surface area contributed by atoms with Gasteiger partial charge in [-0.05, 0) is 44.1 Å². The number of hydrogen-bond donors (Lipinski definition) is 1. The second-order valence-corrected chi connectivity index (χ2v) is 5.19. The number of hydrogen-bond acceptors (Lipinski definition) is 3. The Hall–Kier alpha value is -0.120. The molecular formula is C13H25NO2. The lowest BCUT2D eigenvalue weighted by molar-refractivity contribution is 0.0690. The predicted octanol–water partition coefficient (Wildman–Crippen LogP) is 1.82. The fourth-order valence-electron chi connectivity index (χ4n) is 3.20. The lowest BCUT2D eigenvalue weighted by Crippen LogP contribution is -2.34. The van der Waals surface area contributed by atoms with Gasteiger partial charge in [-0.15, -0.1) is 0 Å². The summed E-state index contributed by atoms with van der Waals surface area (Å²) in [5, 5.41) is 3.69. The van der Waals surface area contributed by atoms with Crippen LogP contribution < -0.4 is 5.32 Å². The number of methoxy groups -OCH3 is 1. The van der Waals surface area contributed by atoms with E-state index in [9.17, 15) is 0 Å². The van der Waals surface area contributed by atoms with Gasteiger partial charge in [-0.25, -0.2) is 0 Å². The molecule has 0 spiro atoms. The molecule has 2 aliphatic rings. The lowest BCUT2D eigenvalue weighted by atomic mass is 9.95. The van der Waals surface area contributed by atoms with Gasteiger partial charge in [-0.3, -0.25) is 0 Å². The number of rotatable bonds is 8. The maximum Gasteiger partial charge on any atom is 0.0700 e. The van der Waals surface area contributed by atoms with Gasteiger partial charge in [-0.2, -0.15) is 0 Å². The molecule has 3 unspecified atom stereocenters. The van der Waals surface area contributed by atoms with Crippen molar-refractivity contribution in [1.29, 1.82) is 0 Å². The third kappa shape index (κ3) is 3.44. The molecule has 0 radical (unpaired) electrons. The summed E-state index contributed by atoms with van der Waals surface area (Å²) in [5.41, 5.74) is 0. The van der Waals surface area contributed by atoms with E-state index in [-0.39, 0.29) is 0 Å². The SMILES string of the molecule is COCCOCCCNC1CC2CCC1C2. The molecule has 0 heterocycles. The van der Waals surface area contributed by atoms with E-state index in [4.69, 9.17) is 9.47 Å². The molecule has 2 saturated carbocycles. The van der Waals surface area contributed by atoms with Crippen molar-refractivity contribution in [3.8, 4) is 0 Å². The van der Waals surface area contributed by atoms with E-state index in [1.165, 1.54) is 25.7 Å². The van der Waals surface area contributed by atoms with Crippen LogP contribution in [0.25, 0.3) is 0 Å². The Kier molecular flexibility index (Phi) is 5.07. The summed E-state index contributed by atoms with van der Waals surface area (Å²) < 4.78 is 10.4. The van der Waals surface area contributed by atoms with E-state index in [1.807, 2.05) is 0 Å². The lowest BCUT2D eigenvalue weighted by Gasteiger charge is -2.22. The first-order valence-corrected chi connectivity index (χ1v) is 6.70. The molecule has 0 aromatic carbocycles. The Morgan fingerprint density at radius 2 is 2.06 bits per heavy atom. The largest absolute Gasteiger partial charge is 0.382 e. The fraction of sp³-hybridized carbons (Fsp3) is 1.00. The monoisotopic (exact) mass is 227 g/mol. The first-order valence-electron chi connectivity index (χ1n) is 6.70. The van der Waals surface area contributed by atoms with E-state index in [0.717, 1.165) is 44.1 Å². The quantitative estimate of drug-likeness (QED) is 0.642. The van der Waals surface area contributed by atoms with E-state index < -0.39 is 0 Å². The van der Waals surface area contributed by atoms with Gasteiger partial charge in [0.15, 0.2) is 0 Å². The molecule has 3 heteroatoms. The van der Waals surface area contributed by atoms with Crippen molar-refractivity contribution in [2.24, 2.45) is 11.8 Å². The molecule has 94 valence electrons. The van der Waals surface area contributed by atoms with Crippen LogP contribution >= 0.6 is 0 Å². The molecule has 0 aliphatic heterocycles. The highest BCUT2D eigenvalue weighted by molar-refractivity contribution is 4.93. The fourth-order valence-corrected chi connectivity index (χ4v) is 3.20. The van der Waals surface area contributed by atoms with Crippen LogP contribution in [0.15, 0.2) is 0 Å². The van der Waals surface area contributed by atoms with E-state index in [2.05, 4.69) is 5.32 Å². The average Bonchev–Trinajstić information content (AvgIpc) is 2.90. The van der Waals surface area contributed by atoms with Crippen LogP contribution in [-0.2, 0) is 9.47 Å². The summed E-state index contributed by atoms with van der Waals surface area (Å²) in [6, 6.07) is 0.817. The van der Waals surface area contributed by atoms with Crippen LogP contribution in [0.2, 0.25) is 0 Å². The molecule has 2 aliphatic carbocycles. The minimum absolute atomic E-state index is 0.708. The van der Waals surface area contributed by atoms with Crippen molar-refractivity contribution in [1.82, 2.24) is 5.32 Å². The van der Waals surface area contributed by atoms with Crippen molar-refractivity contribution < 1.29 is 9.47 Å². The average molecular weight is 227 g/mol. The van der Waals surface area contributed by atoms with Gasteiger partial charge in [0.1, 0.15) is 0 Å². The van der Waals surface area contributed by atoms with E-state index in [1.54, 1.807) is 7.11 Å². The Bertz CT molecular complexity index is 198. The van der Waals surface area contributed by atoms with Gasteiger partial charge in [0.2, 0.25) is 0 Å². The number of fused-ring (bicyclic) bond motifs is 2. The summed E-state index contributed by atoms with van der Waals surface area (Å²) in [7, 11) is 1.71. The molecule has 0 aromatic rings. The van der Waals surface area contributed by atoms with Gasteiger partial charge in [0, 0.05) is 19.8 Å². The van der Waals surface area contributed by atoms with Crippen molar-refractivity contribution in [2.45, 2.75) is 38.1 Å². The molecule has 2 fully saturated rings. The Labute approximate surface area is 98.9 Å². The zero-order chi connectivity index (χ0) is 11.2. The predicted molar refractivity (Wildman–Crippen MR) is 64.6 cm³/mol. The van der Waals surface area contributed by atoms with Crippen LogP contribution in [0.1, 0.15) is 32.1 Å². The highest BCUT2D eigenvalue weighted by Crippen LogP contribution is 2.44. The molecule has 0 saturated heterocycles. The zero-order valence-corrected chi connectivity index (χ0v) is 10.4. The van der Waals surface area contributed by atoms with Gasteiger partial charge < -0.3 is 14.8 Å². The van der Waals surface area contributed by atoms with Crippen molar-refractivity contribution in [3.63, 3.8) is 0 Å². The second-order valence-electron chi connectivity index (χ2n) is 5.19. The van der Waals surface area contributed by atoms with Gasteiger partial charge in [0.05, 0.1) is 13.2 Å². The topological polar surface area (TPSA) is 30.5 Å². The summed E-state index contributed by atoms with van der Waals surface area (Å²) >= 11 is 0. The number of ether oxygens (including phenoxy) is 2. The van der Waals surface area contributed by atoms with Crippen molar-refractivity contribution in [3.05, 3.63) is 0 Å². The Morgan fingerprint density at radius 1 is 1.12 bits per heavy atom. The standard InChI is InChI=1S/C13H25NO2/c1-15-7-8-16-6-2-5-14-13-10-11-3-4-12(13)9-11/h11-14H,2-10H2,1H3. The van der Waals surface area contributed by atoms with Crippen LogP contribution in [0, 0.1) is 11.8 Å². The molecular weight excluding hydrogens is 202 g/mol. The summed E-state index contributed by atoms with van der Waals surface area (Å²) in [5.74, 6) is 2.03. The van der Waals surface area contributed by atoms with E-state index >= 15 is 0 Å². The molecule has 1 N–H and O–H groups in total. The van der Waals surface area contributed by atoms with Crippen LogP contribution in [0.5, 0.6) is 0 Å². The Morgan fingerprint density at radius 3 is 2.75 bits per heavy atom. The van der Waals surface area contributed by atoms with Crippen molar-refractivity contribution in [2.75, 3.05) is 33.5 Å². The molecule has 2 bridgehead atoms. The third-order valence-corrected chi connectivity index (χ3v) is 4.04. The molecule has 0 amide bonds. The number of nitrogens with one attached hydrogen (secondary N) is 1. The Balaban J connectivity index is 1.43. The van der Waals surface area contributed by atoms with Gasteiger partial charge in [-0.1, -0.05) is 6.42 Å². The minimum atomic E-state index is 0.708. The maximum absolute atomic E-state index is 5.44. The molecule has 3 nitrogen and oxygen atoms in total. The summed E-state index contributed by atoms with van der Waals surface area (Å²) in [6.45, 7) is 3.41. The first kappa shape index (κ1) is 12.3. The third-order valence-electron chi connectivity index (χ3n) is 4.04. The van der Waals surface area contributed by atoms with Crippen LogP contribution in [0.3, 0.4) is 0 Å². The summed E-state index contributed by atoms with van der Waals surface area (Å²) in [4.78, 5) is 0. The van der Waals surface area contributed by atoms with Crippen LogP contribution in [0.4, 0.5) is 0 Å². The van der Waals surface area contributed by atoms with Crippen molar-refractivity contribution >= 4 is 0 Å². The van der Waals surface area contributed by atoms with Crippen LogP contribution in [-0.4, -0.2) is 39.5 Å². The highest BCUT2D eigenvalue weighted by atomic mass is 16.5. The normalized spacial score (nSPS) is 32.4. The molecule has 3 atom stereocenters. The zero-order valence-electron chi connectivity index (χ0n) is 10.4.